The average Bonchev–Trinajstić information content (AvgIpc) is 2.92. The van der Waals surface area contributed by atoms with E-state index < -0.39 is 0 Å². The predicted octanol–water partition coefficient (Wildman–Crippen LogP) is 3.56. The Labute approximate surface area is 120 Å². The van der Waals surface area contributed by atoms with E-state index >= 15 is 0 Å². The van der Waals surface area contributed by atoms with E-state index in [1.807, 2.05) is 37.3 Å². The zero-order valence-corrected chi connectivity index (χ0v) is 12.2. The van der Waals surface area contributed by atoms with Gasteiger partial charge >= 0.3 is 0 Å². The average molecular weight is 280 g/mol. The van der Waals surface area contributed by atoms with E-state index in [1.165, 1.54) is 19.3 Å². The van der Waals surface area contributed by atoms with Crippen LogP contribution in [0.3, 0.4) is 0 Å². The van der Waals surface area contributed by atoms with Crippen molar-refractivity contribution in [1.29, 1.82) is 0 Å². The maximum Gasteiger partial charge on any atom is 0.227 e. The van der Waals surface area contributed by atoms with Crippen molar-refractivity contribution in [3.63, 3.8) is 0 Å². The fraction of sp³-hybridized carbons (Fsp3) is 0.562. The molecule has 0 aliphatic heterocycles. The van der Waals surface area contributed by atoms with Crippen LogP contribution in [0.4, 0.5) is 0 Å². The summed E-state index contributed by atoms with van der Waals surface area (Å²) >= 11 is 5.96. The van der Waals surface area contributed by atoms with Gasteiger partial charge in [0.1, 0.15) is 0 Å². The zero-order valence-electron chi connectivity index (χ0n) is 11.4. The number of benzene rings is 1. The number of hydrogen-bond acceptors (Lipinski definition) is 1. The number of carbonyl (C=O) groups is 1. The first kappa shape index (κ1) is 14.4. The van der Waals surface area contributed by atoms with E-state index in [0.29, 0.717) is 11.8 Å². The van der Waals surface area contributed by atoms with Crippen LogP contribution in [0.15, 0.2) is 30.3 Å². The smallest absolute Gasteiger partial charge is 0.227 e. The minimum atomic E-state index is -0.0861. The third-order valence-electron chi connectivity index (χ3n) is 4.25. The molecule has 0 radical (unpaired) electrons. The molecule has 1 aliphatic carbocycles. The highest BCUT2D eigenvalue weighted by Gasteiger charge is 2.27. The van der Waals surface area contributed by atoms with Crippen molar-refractivity contribution in [3.8, 4) is 0 Å². The van der Waals surface area contributed by atoms with Crippen LogP contribution in [0, 0.1) is 11.8 Å². The minimum absolute atomic E-state index is 0.0861. The summed E-state index contributed by atoms with van der Waals surface area (Å²) in [5, 5.41) is 3.09. The molecule has 1 aliphatic rings. The first-order chi connectivity index (χ1) is 9.22. The highest BCUT2D eigenvalue weighted by atomic mass is 35.5. The van der Waals surface area contributed by atoms with Gasteiger partial charge in [0.25, 0.3) is 0 Å². The van der Waals surface area contributed by atoms with Gasteiger partial charge in [0.15, 0.2) is 0 Å². The van der Waals surface area contributed by atoms with E-state index in [0.717, 1.165) is 18.0 Å². The maximum absolute atomic E-state index is 12.2. The first-order valence-electron chi connectivity index (χ1n) is 7.11. The van der Waals surface area contributed by atoms with Gasteiger partial charge in [-0.25, -0.2) is 0 Å². The highest BCUT2D eigenvalue weighted by molar-refractivity contribution is 6.18. The molecule has 19 heavy (non-hydrogen) atoms. The second kappa shape index (κ2) is 6.95. The Morgan fingerprint density at radius 3 is 2.68 bits per heavy atom. The zero-order chi connectivity index (χ0) is 13.7. The van der Waals surface area contributed by atoms with Crippen molar-refractivity contribution in [2.24, 2.45) is 11.8 Å². The number of alkyl halides is 1. The summed E-state index contributed by atoms with van der Waals surface area (Å²) in [7, 11) is 0. The molecule has 1 aromatic carbocycles. The summed E-state index contributed by atoms with van der Waals surface area (Å²) in [6, 6.07) is 9.92. The molecule has 1 fully saturated rings. The van der Waals surface area contributed by atoms with Gasteiger partial charge in [-0.15, -0.1) is 11.6 Å². The van der Waals surface area contributed by atoms with Gasteiger partial charge in [-0.2, -0.15) is 0 Å². The summed E-state index contributed by atoms with van der Waals surface area (Å²) in [6.07, 6.45) is 3.64. The normalized spacial score (nSPS) is 24.1. The lowest BCUT2D eigenvalue weighted by Crippen LogP contribution is -2.33. The molecule has 104 valence electrons. The Balaban J connectivity index is 1.84. The first-order valence-corrected chi connectivity index (χ1v) is 7.64. The summed E-state index contributed by atoms with van der Waals surface area (Å²) in [4.78, 5) is 12.2. The van der Waals surface area contributed by atoms with Crippen molar-refractivity contribution >= 4 is 17.5 Å². The summed E-state index contributed by atoms with van der Waals surface area (Å²) in [5.41, 5.74) is 1.07. The molecule has 2 nitrogen and oxygen atoms in total. The van der Waals surface area contributed by atoms with Gasteiger partial charge in [0, 0.05) is 12.4 Å². The third-order valence-corrected chi connectivity index (χ3v) is 4.64. The Morgan fingerprint density at radius 2 is 2.00 bits per heavy atom. The number of halogens is 1. The molecule has 1 amide bonds. The lowest BCUT2D eigenvalue weighted by molar-refractivity contribution is -0.122. The topological polar surface area (TPSA) is 29.1 Å². The molecular formula is C16H22ClNO. The van der Waals surface area contributed by atoms with Gasteiger partial charge < -0.3 is 5.32 Å². The molecule has 0 aromatic heterocycles. The molecular weight excluding hydrogens is 258 g/mol. The molecule has 0 spiro atoms. The van der Waals surface area contributed by atoms with Crippen molar-refractivity contribution in [2.75, 3.05) is 12.4 Å². The van der Waals surface area contributed by atoms with Crippen LogP contribution in [-0.4, -0.2) is 18.3 Å². The van der Waals surface area contributed by atoms with Crippen LogP contribution in [-0.2, 0) is 4.79 Å². The largest absolute Gasteiger partial charge is 0.355 e. The van der Waals surface area contributed by atoms with Crippen molar-refractivity contribution in [3.05, 3.63) is 35.9 Å². The molecule has 3 heteroatoms. The predicted molar refractivity (Wildman–Crippen MR) is 79.4 cm³/mol. The van der Waals surface area contributed by atoms with Crippen LogP contribution < -0.4 is 5.32 Å². The maximum atomic E-state index is 12.2. The van der Waals surface area contributed by atoms with E-state index in [2.05, 4.69) is 5.32 Å². The van der Waals surface area contributed by atoms with E-state index in [-0.39, 0.29) is 11.8 Å². The summed E-state index contributed by atoms with van der Waals surface area (Å²) < 4.78 is 0. The second-order valence-electron chi connectivity index (χ2n) is 5.48. The van der Waals surface area contributed by atoms with Crippen LogP contribution in [0.1, 0.15) is 37.7 Å². The molecule has 0 bridgehead atoms. The van der Waals surface area contributed by atoms with Crippen LogP contribution in [0.5, 0.6) is 0 Å². The Kier molecular flexibility index (Phi) is 5.26. The molecule has 0 heterocycles. The number of carbonyl (C=O) groups excluding carboxylic acids is 1. The Bertz CT molecular complexity index is 406. The number of nitrogens with one attached hydrogen (secondary N) is 1. The van der Waals surface area contributed by atoms with E-state index in [1.54, 1.807) is 0 Å². The van der Waals surface area contributed by atoms with Gasteiger partial charge in [0.2, 0.25) is 5.91 Å². The second-order valence-corrected chi connectivity index (χ2v) is 5.79. The lowest BCUT2D eigenvalue weighted by Gasteiger charge is -2.19. The van der Waals surface area contributed by atoms with E-state index in [4.69, 9.17) is 11.6 Å². The monoisotopic (exact) mass is 279 g/mol. The van der Waals surface area contributed by atoms with Crippen molar-refractivity contribution < 1.29 is 4.79 Å². The van der Waals surface area contributed by atoms with Crippen molar-refractivity contribution in [2.45, 2.75) is 32.1 Å². The molecule has 1 aromatic rings. The van der Waals surface area contributed by atoms with Crippen molar-refractivity contribution in [1.82, 2.24) is 5.32 Å². The number of hydrogen-bond donors (Lipinski definition) is 1. The SMILES string of the molecule is CC(C(=O)NCC1CCCC1CCl)c1ccccc1. The highest BCUT2D eigenvalue weighted by Crippen LogP contribution is 2.32. The molecule has 1 saturated carbocycles. The molecule has 3 unspecified atom stereocenters. The summed E-state index contributed by atoms with van der Waals surface area (Å²) in [5.74, 6) is 1.89. The van der Waals surface area contributed by atoms with Crippen LogP contribution in [0.2, 0.25) is 0 Å². The minimum Gasteiger partial charge on any atom is -0.355 e. The number of rotatable bonds is 5. The quantitative estimate of drug-likeness (QED) is 0.821. The van der Waals surface area contributed by atoms with E-state index in [9.17, 15) is 4.79 Å². The molecule has 1 N–H and O–H groups in total. The fourth-order valence-corrected chi connectivity index (χ4v) is 3.27. The van der Waals surface area contributed by atoms with Gasteiger partial charge in [-0.3, -0.25) is 4.79 Å². The molecule has 0 saturated heterocycles. The fourth-order valence-electron chi connectivity index (χ4n) is 2.86. The van der Waals surface area contributed by atoms with Gasteiger partial charge in [-0.05, 0) is 37.2 Å². The van der Waals surface area contributed by atoms with Crippen LogP contribution in [0.25, 0.3) is 0 Å². The molecule has 2 rings (SSSR count). The van der Waals surface area contributed by atoms with Gasteiger partial charge in [0.05, 0.1) is 5.92 Å². The summed E-state index contributed by atoms with van der Waals surface area (Å²) in [6.45, 7) is 2.73. The number of amides is 1. The van der Waals surface area contributed by atoms with Gasteiger partial charge in [-0.1, -0.05) is 36.8 Å². The molecule has 3 atom stereocenters. The standard InChI is InChI=1S/C16H22ClNO/c1-12(13-6-3-2-4-7-13)16(19)18-11-15-9-5-8-14(15)10-17/h2-4,6-7,12,14-15H,5,8-11H2,1H3,(H,18,19). The van der Waals surface area contributed by atoms with Crippen LogP contribution >= 0.6 is 11.6 Å². The Morgan fingerprint density at radius 1 is 1.32 bits per heavy atom. The lowest BCUT2D eigenvalue weighted by atomic mass is 9.96. The Hall–Kier alpha value is -1.02. The third kappa shape index (κ3) is 3.73.